The lowest BCUT2D eigenvalue weighted by atomic mass is 9.99. The molecule has 4 rings (SSSR count). The minimum Gasteiger partial charge on any atom is -0.497 e. The Labute approximate surface area is 279 Å². The SMILES string of the molecule is COc1ccc2c(c1)CC[C@@H](NC(=O)CC(C)(C)NC[C@@H](C)O)C(=O)N2Cc1ccc(-c2ccccc2S(=O)(=O)NC(C)(C)C)cc1. The molecule has 0 saturated heterocycles. The fourth-order valence-electron chi connectivity index (χ4n) is 5.68. The first-order valence-corrected chi connectivity index (χ1v) is 17.4. The van der Waals surface area contributed by atoms with Crippen molar-refractivity contribution in [3.05, 3.63) is 77.9 Å². The second-order valence-electron chi connectivity index (χ2n) is 13.9. The zero-order valence-electron chi connectivity index (χ0n) is 28.4. The summed E-state index contributed by atoms with van der Waals surface area (Å²) < 4.78 is 34.7. The van der Waals surface area contributed by atoms with E-state index in [2.05, 4.69) is 15.4 Å². The average Bonchev–Trinajstić information content (AvgIpc) is 3.11. The van der Waals surface area contributed by atoms with E-state index in [0.717, 1.165) is 22.4 Å². The molecule has 0 bridgehead atoms. The van der Waals surface area contributed by atoms with Crippen molar-refractivity contribution in [1.29, 1.82) is 0 Å². The minimum absolute atomic E-state index is 0.133. The van der Waals surface area contributed by atoms with Crippen molar-refractivity contribution in [2.75, 3.05) is 18.6 Å². The number of rotatable bonds is 12. The van der Waals surface area contributed by atoms with Gasteiger partial charge in [-0.15, -0.1) is 0 Å². The van der Waals surface area contributed by atoms with Crippen molar-refractivity contribution in [2.24, 2.45) is 0 Å². The van der Waals surface area contributed by atoms with Crippen molar-refractivity contribution in [3.63, 3.8) is 0 Å². The molecule has 3 aromatic rings. The smallest absolute Gasteiger partial charge is 0.249 e. The van der Waals surface area contributed by atoms with Crippen LogP contribution in [-0.4, -0.2) is 62.2 Å². The van der Waals surface area contributed by atoms with E-state index in [1.807, 2.05) is 56.3 Å². The molecule has 2 amide bonds. The van der Waals surface area contributed by atoms with Gasteiger partial charge in [-0.2, -0.15) is 0 Å². The van der Waals surface area contributed by atoms with Crippen molar-refractivity contribution in [2.45, 2.75) is 95.5 Å². The molecule has 2 atom stereocenters. The number of hydrogen-bond donors (Lipinski definition) is 4. The van der Waals surface area contributed by atoms with Gasteiger partial charge in [0.1, 0.15) is 11.8 Å². The van der Waals surface area contributed by atoms with Gasteiger partial charge in [-0.1, -0.05) is 42.5 Å². The predicted octanol–water partition coefficient (Wildman–Crippen LogP) is 4.54. The molecule has 1 heterocycles. The number of aliphatic hydroxyl groups excluding tert-OH is 1. The summed E-state index contributed by atoms with van der Waals surface area (Å²) >= 11 is 0. The van der Waals surface area contributed by atoms with Gasteiger partial charge in [0, 0.05) is 35.3 Å². The topological polar surface area (TPSA) is 137 Å². The van der Waals surface area contributed by atoms with Crippen LogP contribution in [0, 0.1) is 0 Å². The lowest BCUT2D eigenvalue weighted by molar-refractivity contribution is -0.128. The molecule has 10 nitrogen and oxygen atoms in total. The molecule has 0 saturated carbocycles. The van der Waals surface area contributed by atoms with E-state index < -0.39 is 33.2 Å². The van der Waals surface area contributed by atoms with Gasteiger partial charge in [0.05, 0.1) is 24.7 Å². The van der Waals surface area contributed by atoms with Crippen molar-refractivity contribution in [3.8, 4) is 16.9 Å². The number of nitrogens with one attached hydrogen (secondary N) is 3. The number of anilines is 1. The molecule has 0 spiro atoms. The third kappa shape index (κ3) is 9.63. The van der Waals surface area contributed by atoms with Crippen LogP contribution in [0.15, 0.2) is 71.6 Å². The maximum Gasteiger partial charge on any atom is 0.249 e. The van der Waals surface area contributed by atoms with Crippen LogP contribution >= 0.6 is 0 Å². The van der Waals surface area contributed by atoms with Gasteiger partial charge < -0.3 is 25.4 Å². The summed E-state index contributed by atoms with van der Waals surface area (Å²) in [6.07, 6.45) is 0.576. The number of methoxy groups -OCH3 is 1. The first kappa shape index (κ1) is 36.1. The van der Waals surface area contributed by atoms with Gasteiger partial charge in [0.2, 0.25) is 21.8 Å². The van der Waals surface area contributed by atoms with Crippen molar-refractivity contribution >= 4 is 27.5 Å². The molecule has 254 valence electrons. The average molecular weight is 665 g/mol. The summed E-state index contributed by atoms with van der Waals surface area (Å²) in [5.41, 5.74) is 2.62. The number of sulfonamides is 1. The summed E-state index contributed by atoms with van der Waals surface area (Å²) in [6.45, 7) is 11.4. The zero-order valence-corrected chi connectivity index (χ0v) is 29.2. The van der Waals surface area contributed by atoms with E-state index in [-0.39, 0.29) is 29.7 Å². The molecule has 3 aromatic carbocycles. The van der Waals surface area contributed by atoms with Gasteiger partial charge in [0.15, 0.2) is 0 Å². The van der Waals surface area contributed by atoms with Crippen LogP contribution in [0.1, 0.15) is 65.5 Å². The Kier molecular flexibility index (Phi) is 11.2. The van der Waals surface area contributed by atoms with Crippen LogP contribution in [0.4, 0.5) is 5.69 Å². The molecule has 0 aliphatic carbocycles. The molecule has 0 fully saturated rings. The summed E-state index contributed by atoms with van der Waals surface area (Å²) in [6, 6.07) is 19.3. The highest BCUT2D eigenvalue weighted by Gasteiger charge is 2.33. The highest BCUT2D eigenvalue weighted by Crippen LogP contribution is 2.33. The minimum atomic E-state index is -3.78. The fraction of sp³-hybridized carbons (Fsp3) is 0.444. The first-order chi connectivity index (χ1) is 22.0. The molecule has 1 aliphatic rings. The highest BCUT2D eigenvalue weighted by atomic mass is 32.2. The van der Waals surface area contributed by atoms with Crippen LogP contribution in [0.2, 0.25) is 0 Å². The number of amides is 2. The maximum absolute atomic E-state index is 14.1. The van der Waals surface area contributed by atoms with Gasteiger partial charge >= 0.3 is 0 Å². The fourth-order valence-corrected chi connectivity index (χ4v) is 7.33. The van der Waals surface area contributed by atoms with Gasteiger partial charge in [0.25, 0.3) is 0 Å². The lowest BCUT2D eigenvalue weighted by Gasteiger charge is -2.29. The van der Waals surface area contributed by atoms with E-state index in [9.17, 15) is 23.1 Å². The number of aryl methyl sites for hydroxylation is 1. The monoisotopic (exact) mass is 664 g/mol. The van der Waals surface area contributed by atoms with Crippen molar-refractivity contribution in [1.82, 2.24) is 15.4 Å². The van der Waals surface area contributed by atoms with E-state index in [4.69, 9.17) is 4.74 Å². The Hall–Kier alpha value is -3.77. The number of nitrogens with zero attached hydrogens (tertiary/aromatic N) is 1. The lowest BCUT2D eigenvalue weighted by Crippen LogP contribution is -2.51. The number of β-amino-alcohol motifs (C(OH)–C–C–N with tert-alkyl or cyclic N) is 1. The number of hydrogen-bond acceptors (Lipinski definition) is 7. The van der Waals surface area contributed by atoms with Crippen LogP contribution in [-0.2, 0) is 32.6 Å². The van der Waals surface area contributed by atoms with E-state index in [1.54, 1.807) is 64.0 Å². The van der Waals surface area contributed by atoms with E-state index in [0.29, 0.717) is 30.7 Å². The van der Waals surface area contributed by atoms with Crippen LogP contribution in [0.25, 0.3) is 11.1 Å². The largest absolute Gasteiger partial charge is 0.497 e. The molecule has 11 heteroatoms. The number of aliphatic hydroxyl groups is 1. The normalized spacial score (nSPS) is 16.3. The number of benzene rings is 3. The summed E-state index contributed by atoms with van der Waals surface area (Å²) in [7, 11) is -2.18. The molecular formula is C36H48N4O6S. The third-order valence-electron chi connectivity index (χ3n) is 7.88. The third-order valence-corrected chi connectivity index (χ3v) is 9.70. The molecule has 0 unspecified atom stereocenters. The summed E-state index contributed by atoms with van der Waals surface area (Å²) in [4.78, 5) is 29.2. The predicted molar refractivity (Wildman–Crippen MR) is 185 cm³/mol. The van der Waals surface area contributed by atoms with Crippen LogP contribution in [0.3, 0.4) is 0 Å². The Morgan fingerprint density at radius 2 is 1.72 bits per heavy atom. The Morgan fingerprint density at radius 1 is 1.04 bits per heavy atom. The second kappa shape index (κ2) is 14.6. The molecule has 0 radical (unpaired) electrons. The Balaban J connectivity index is 1.60. The Bertz CT molecular complexity index is 1680. The quantitative estimate of drug-likeness (QED) is 0.223. The summed E-state index contributed by atoms with van der Waals surface area (Å²) in [5, 5.41) is 15.8. The van der Waals surface area contributed by atoms with Gasteiger partial charge in [-0.3, -0.25) is 9.59 Å². The van der Waals surface area contributed by atoms with Gasteiger partial charge in [-0.25, -0.2) is 13.1 Å². The number of fused-ring (bicyclic) bond motifs is 1. The standard InChI is InChI=1S/C36H48N4O6S/c1-24(41)22-37-36(5,6)21-33(42)38-30-18-16-27-20-28(46-7)17-19-31(27)40(34(30)43)23-25-12-14-26(15-13-25)29-10-8-9-11-32(29)47(44,45)39-35(2,3)4/h8-15,17,19-20,24,30,37,39,41H,16,18,21-23H2,1-7H3,(H,38,42)/t24-,30-/m1/s1. The molecule has 1 aliphatic heterocycles. The van der Waals surface area contributed by atoms with E-state index >= 15 is 0 Å². The molecule has 47 heavy (non-hydrogen) atoms. The van der Waals surface area contributed by atoms with Crippen LogP contribution < -0.4 is 25.0 Å². The summed E-state index contributed by atoms with van der Waals surface area (Å²) in [5.74, 6) is 0.211. The number of carbonyl (C=O) groups excluding carboxylic acids is 2. The number of ether oxygens (including phenoxy) is 1. The maximum atomic E-state index is 14.1. The van der Waals surface area contributed by atoms with Gasteiger partial charge in [-0.05, 0) is 95.3 Å². The first-order valence-electron chi connectivity index (χ1n) is 15.9. The van der Waals surface area contributed by atoms with E-state index in [1.165, 1.54) is 0 Å². The van der Waals surface area contributed by atoms with Crippen LogP contribution in [0.5, 0.6) is 5.75 Å². The molecule has 4 N–H and O–H groups in total. The zero-order chi connectivity index (χ0) is 34.6. The highest BCUT2D eigenvalue weighted by molar-refractivity contribution is 7.89. The number of carbonyl (C=O) groups is 2. The van der Waals surface area contributed by atoms with Crippen molar-refractivity contribution < 1.29 is 27.9 Å². The molecule has 0 aromatic heterocycles. The Morgan fingerprint density at radius 3 is 2.36 bits per heavy atom. The molecular weight excluding hydrogens is 616 g/mol. The second-order valence-corrected chi connectivity index (χ2v) is 15.6.